The standard InChI is InChI=1S/C20H24BrN5O2/c1-5-26-19(17(21)11-22-26)12-24(4)20(27)18-6-7-25(23-18)13-28-16-9-14(2)8-15(3)10-16/h6-11H,5,12-13H2,1-4H3. The number of rotatable bonds is 7. The third-order valence-electron chi connectivity index (χ3n) is 4.35. The number of aryl methyl sites for hydroxylation is 3. The Bertz CT molecular complexity index is 959. The van der Waals surface area contributed by atoms with Gasteiger partial charge in [-0.3, -0.25) is 9.48 Å². The van der Waals surface area contributed by atoms with Gasteiger partial charge in [0, 0.05) is 19.8 Å². The monoisotopic (exact) mass is 445 g/mol. The smallest absolute Gasteiger partial charge is 0.274 e. The van der Waals surface area contributed by atoms with Gasteiger partial charge >= 0.3 is 0 Å². The second-order valence-corrected chi connectivity index (χ2v) is 7.61. The molecule has 0 N–H and O–H groups in total. The molecule has 0 aliphatic heterocycles. The Kier molecular flexibility index (Phi) is 6.18. The molecule has 0 aliphatic rings. The second kappa shape index (κ2) is 8.60. The van der Waals surface area contributed by atoms with Crippen molar-refractivity contribution < 1.29 is 9.53 Å². The number of carbonyl (C=O) groups excluding carboxylic acids is 1. The van der Waals surface area contributed by atoms with Crippen molar-refractivity contribution in [2.75, 3.05) is 7.05 Å². The van der Waals surface area contributed by atoms with Gasteiger partial charge in [0.2, 0.25) is 0 Å². The maximum Gasteiger partial charge on any atom is 0.274 e. The van der Waals surface area contributed by atoms with Crippen molar-refractivity contribution in [1.29, 1.82) is 0 Å². The number of hydrogen-bond donors (Lipinski definition) is 0. The number of benzene rings is 1. The summed E-state index contributed by atoms with van der Waals surface area (Å²) in [6.45, 7) is 7.51. The van der Waals surface area contributed by atoms with Gasteiger partial charge < -0.3 is 9.64 Å². The molecule has 0 fully saturated rings. The van der Waals surface area contributed by atoms with Crippen LogP contribution in [0.25, 0.3) is 0 Å². The topological polar surface area (TPSA) is 65.2 Å². The van der Waals surface area contributed by atoms with Crippen molar-refractivity contribution >= 4 is 21.8 Å². The molecule has 0 spiro atoms. The lowest BCUT2D eigenvalue weighted by Gasteiger charge is -2.17. The first-order valence-electron chi connectivity index (χ1n) is 9.07. The van der Waals surface area contributed by atoms with E-state index in [1.807, 2.05) is 37.6 Å². The second-order valence-electron chi connectivity index (χ2n) is 6.75. The number of halogens is 1. The molecule has 1 aromatic carbocycles. The summed E-state index contributed by atoms with van der Waals surface area (Å²) < 4.78 is 10.2. The van der Waals surface area contributed by atoms with E-state index in [2.05, 4.69) is 32.2 Å². The van der Waals surface area contributed by atoms with Crippen molar-refractivity contribution in [2.45, 2.75) is 40.6 Å². The predicted molar refractivity (Wildman–Crippen MR) is 110 cm³/mol. The average molecular weight is 446 g/mol. The average Bonchev–Trinajstić information content (AvgIpc) is 3.26. The van der Waals surface area contributed by atoms with Gasteiger partial charge in [0.05, 0.1) is 22.9 Å². The van der Waals surface area contributed by atoms with Gasteiger partial charge in [0.15, 0.2) is 12.4 Å². The van der Waals surface area contributed by atoms with Crippen molar-refractivity contribution in [3.8, 4) is 5.75 Å². The molecule has 2 heterocycles. The minimum Gasteiger partial charge on any atom is -0.471 e. The highest BCUT2D eigenvalue weighted by atomic mass is 79.9. The van der Waals surface area contributed by atoms with Gasteiger partial charge in [-0.2, -0.15) is 10.2 Å². The zero-order valence-corrected chi connectivity index (χ0v) is 18.1. The SMILES string of the molecule is CCn1ncc(Br)c1CN(C)C(=O)c1ccn(COc2cc(C)cc(C)c2)n1. The van der Waals surface area contributed by atoms with Crippen LogP contribution in [0.2, 0.25) is 0 Å². The highest BCUT2D eigenvalue weighted by Crippen LogP contribution is 2.19. The Morgan fingerprint density at radius 2 is 1.96 bits per heavy atom. The lowest BCUT2D eigenvalue weighted by atomic mass is 10.1. The van der Waals surface area contributed by atoms with Crippen molar-refractivity contribution in [3.63, 3.8) is 0 Å². The van der Waals surface area contributed by atoms with Crippen LogP contribution in [-0.4, -0.2) is 37.4 Å². The third kappa shape index (κ3) is 4.62. The van der Waals surface area contributed by atoms with Crippen LogP contribution in [0.15, 0.2) is 41.1 Å². The highest BCUT2D eigenvalue weighted by Gasteiger charge is 2.18. The molecular formula is C20H24BrN5O2. The first kappa shape index (κ1) is 20.1. The molecule has 0 aliphatic carbocycles. The number of hydrogen-bond acceptors (Lipinski definition) is 4. The van der Waals surface area contributed by atoms with Gasteiger partial charge in [0.1, 0.15) is 5.75 Å². The highest BCUT2D eigenvalue weighted by molar-refractivity contribution is 9.10. The fraction of sp³-hybridized carbons (Fsp3) is 0.350. The van der Waals surface area contributed by atoms with E-state index in [4.69, 9.17) is 4.74 Å². The summed E-state index contributed by atoms with van der Waals surface area (Å²) in [5.74, 6) is 0.636. The molecule has 0 saturated heterocycles. The maximum atomic E-state index is 12.7. The van der Waals surface area contributed by atoms with Crippen molar-refractivity contribution in [3.05, 3.63) is 63.6 Å². The van der Waals surface area contributed by atoms with Crippen LogP contribution in [0, 0.1) is 13.8 Å². The van der Waals surface area contributed by atoms with Crippen LogP contribution >= 0.6 is 15.9 Å². The number of amides is 1. The first-order valence-corrected chi connectivity index (χ1v) is 9.87. The summed E-state index contributed by atoms with van der Waals surface area (Å²) >= 11 is 3.49. The van der Waals surface area contributed by atoms with Crippen LogP contribution in [0.1, 0.15) is 34.2 Å². The Labute approximate surface area is 173 Å². The maximum absolute atomic E-state index is 12.7. The summed E-state index contributed by atoms with van der Waals surface area (Å²) in [6, 6.07) is 7.75. The van der Waals surface area contributed by atoms with Gasteiger partial charge in [-0.15, -0.1) is 0 Å². The molecule has 0 radical (unpaired) electrons. The van der Waals surface area contributed by atoms with Crippen LogP contribution in [0.3, 0.4) is 0 Å². The van der Waals surface area contributed by atoms with Crippen molar-refractivity contribution in [2.24, 2.45) is 0 Å². The summed E-state index contributed by atoms with van der Waals surface area (Å²) in [5, 5.41) is 8.64. The Hall–Kier alpha value is -2.61. The molecule has 0 atom stereocenters. The summed E-state index contributed by atoms with van der Waals surface area (Å²) in [4.78, 5) is 14.4. The Balaban J connectivity index is 1.63. The lowest BCUT2D eigenvalue weighted by molar-refractivity contribution is 0.0773. The number of nitrogens with zero attached hydrogens (tertiary/aromatic N) is 5. The molecule has 8 heteroatoms. The molecule has 28 heavy (non-hydrogen) atoms. The minimum absolute atomic E-state index is 0.152. The van der Waals surface area contributed by atoms with E-state index in [9.17, 15) is 4.79 Å². The van der Waals surface area contributed by atoms with E-state index in [-0.39, 0.29) is 12.6 Å². The molecule has 0 unspecified atom stereocenters. The molecular weight excluding hydrogens is 422 g/mol. The van der Waals surface area contributed by atoms with E-state index in [1.54, 1.807) is 35.1 Å². The largest absolute Gasteiger partial charge is 0.471 e. The fourth-order valence-corrected chi connectivity index (χ4v) is 3.44. The number of carbonyl (C=O) groups is 1. The van der Waals surface area contributed by atoms with E-state index in [0.29, 0.717) is 12.2 Å². The number of aromatic nitrogens is 4. The van der Waals surface area contributed by atoms with Crippen LogP contribution in [-0.2, 0) is 19.8 Å². The first-order chi connectivity index (χ1) is 13.4. The molecule has 148 valence electrons. The molecule has 2 aromatic heterocycles. The molecule has 3 aromatic rings. The van der Waals surface area contributed by atoms with Gasteiger partial charge in [-0.25, -0.2) is 4.68 Å². The van der Waals surface area contributed by atoms with Gasteiger partial charge in [-0.1, -0.05) is 6.07 Å². The fourth-order valence-electron chi connectivity index (χ4n) is 3.01. The Morgan fingerprint density at radius 3 is 2.64 bits per heavy atom. The van der Waals surface area contributed by atoms with Gasteiger partial charge in [-0.05, 0) is 66.0 Å². The van der Waals surface area contributed by atoms with E-state index >= 15 is 0 Å². The predicted octanol–water partition coefficient (Wildman–Crippen LogP) is 3.79. The van der Waals surface area contributed by atoms with E-state index < -0.39 is 0 Å². The molecule has 0 saturated carbocycles. The van der Waals surface area contributed by atoms with Crippen LogP contribution in [0.5, 0.6) is 5.75 Å². The van der Waals surface area contributed by atoms with Gasteiger partial charge in [0.25, 0.3) is 5.91 Å². The van der Waals surface area contributed by atoms with Crippen molar-refractivity contribution in [1.82, 2.24) is 24.5 Å². The van der Waals surface area contributed by atoms with E-state index in [0.717, 1.165) is 33.6 Å². The third-order valence-corrected chi connectivity index (χ3v) is 5.01. The van der Waals surface area contributed by atoms with E-state index in [1.165, 1.54) is 0 Å². The summed E-state index contributed by atoms with van der Waals surface area (Å²) in [5.41, 5.74) is 3.62. The minimum atomic E-state index is -0.152. The molecule has 3 rings (SSSR count). The molecule has 0 bridgehead atoms. The van der Waals surface area contributed by atoms with Crippen LogP contribution < -0.4 is 4.74 Å². The lowest BCUT2D eigenvalue weighted by Crippen LogP contribution is -2.28. The summed E-state index contributed by atoms with van der Waals surface area (Å²) in [6.07, 6.45) is 3.49. The zero-order valence-electron chi connectivity index (χ0n) is 16.5. The molecule has 1 amide bonds. The quantitative estimate of drug-likeness (QED) is 0.554. The Morgan fingerprint density at radius 1 is 1.25 bits per heavy atom. The van der Waals surface area contributed by atoms with Crippen LogP contribution in [0.4, 0.5) is 0 Å². The normalized spacial score (nSPS) is 10.9. The number of ether oxygens (including phenoxy) is 1. The zero-order chi connectivity index (χ0) is 20.3. The summed E-state index contributed by atoms with van der Waals surface area (Å²) in [7, 11) is 1.76. The molecule has 7 nitrogen and oxygen atoms in total.